The highest BCUT2D eigenvalue weighted by Gasteiger charge is 2.24. The van der Waals surface area contributed by atoms with E-state index in [2.05, 4.69) is 71.2 Å². The van der Waals surface area contributed by atoms with Crippen LogP contribution in [0.15, 0.2) is 41.2 Å². The van der Waals surface area contributed by atoms with E-state index in [9.17, 15) is 4.79 Å². The number of amides is 1. The Morgan fingerprint density at radius 2 is 2.06 bits per heavy atom. The van der Waals surface area contributed by atoms with Crippen molar-refractivity contribution >= 4 is 34.3 Å². The smallest absolute Gasteiger partial charge is 0.228 e. The Morgan fingerprint density at radius 3 is 2.79 bits per heavy atom. The van der Waals surface area contributed by atoms with Crippen LogP contribution in [-0.4, -0.2) is 49.0 Å². The number of rotatable bonds is 6. The lowest BCUT2D eigenvalue weighted by molar-refractivity contribution is -0.114. The van der Waals surface area contributed by atoms with Gasteiger partial charge in [0, 0.05) is 34.4 Å². The van der Waals surface area contributed by atoms with Crippen LogP contribution in [0.4, 0.5) is 5.82 Å². The molecule has 1 fully saturated rings. The van der Waals surface area contributed by atoms with E-state index in [0.717, 1.165) is 39.9 Å². The molecule has 0 bridgehead atoms. The SMILES string of the molecule is CC(=O)Nc1cc(-c2nc(-c3cc(CN4CCCC4)ccc3I)c(-c3nnc[nH]3)o2)c(C)cn1. The second-order valence-corrected chi connectivity index (χ2v) is 9.56. The summed E-state index contributed by atoms with van der Waals surface area (Å²) >= 11 is 2.33. The van der Waals surface area contributed by atoms with Crippen LogP contribution < -0.4 is 5.32 Å². The number of likely N-dealkylation sites (tertiary alicyclic amines) is 1. The molecule has 9 nitrogen and oxygen atoms in total. The van der Waals surface area contributed by atoms with Gasteiger partial charge in [0.25, 0.3) is 0 Å². The lowest BCUT2D eigenvalue weighted by Gasteiger charge is -2.15. The van der Waals surface area contributed by atoms with Gasteiger partial charge in [-0.15, -0.1) is 10.2 Å². The van der Waals surface area contributed by atoms with Crippen molar-refractivity contribution in [3.05, 3.63) is 51.5 Å². The second kappa shape index (κ2) is 9.63. The van der Waals surface area contributed by atoms with Gasteiger partial charge in [-0.25, -0.2) is 9.97 Å². The Balaban J connectivity index is 1.61. The van der Waals surface area contributed by atoms with Gasteiger partial charge >= 0.3 is 0 Å². The molecule has 4 heterocycles. The molecule has 0 spiro atoms. The number of H-pyrrole nitrogens is 1. The number of aromatic nitrogens is 5. The predicted molar refractivity (Wildman–Crippen MR) is 137 cm³/mol. The number of pyridine rings is 1. The van der Waals surface area contributed by atoms with Gasteiger partial charge in [0.2, 0.25) is 11.8 Å². The maximum atomic E-state index is 11.5. The number of nitrogens with zero attached hydrogens (tertiary/aromatic N) is 5. The third-order valence-electron chi connectivity index (χ3n) is 5.79. The monoisotopic (exact) mass is 569 g/mol. The minimum absolute atomic E-state index is 0.192. The fraction of sp³-hybridized carbons (Fsp3) is 0.292. The molecule has 1 aliphatic rings. The minimum Gasteiger partial charge on any atom is -0.432 e. The standard InChI is InChI=1S/C24H24IN7O2/c1-14-11-26-20(29-15(2)33)10-17(14)24-30-21(22(34-24)23-27-13-28-31-23)18-9-16(5-6-19(18)25)12-32-7-3-4-8-32/h5-6,9-11,13H,3-4,7-8,12H2,1-2H3,(H,26,29,33)(H,27,28,31). The molecule has 1 amide bonds. The summed E-state index contributed by atoms with van der Waals surface area (Å²) in [7, 11) is 0. The summed E-state index contributed by atoms with van der Waals surface area (Å²) in [6, 6.07) is 8.24. The van der Waals surface area contributed by atoms with Crippen molar-refractivity contribution < 1.29 is 9.21 Å². The number of halogens is 1. The molecule has 1 aliphatic heterocycles. The summed E-state index contributed by atoms with van der Waals surface area (Å²) in [5.74, 6) is 1.69. The predicted octanol–water partition coefficient (Wildman–Crippen LogP) is 4.66. The first-order valence-corrected chi connectivity index (χ1v) is 12.2. The van der Waals surface area contributed by atoms with Gasteiger partial charge in [-0.1, -0.05) is 6.07 Å². The van der Waals surface area contributed by atoms with Gasteiger partial charge in [-0.05, 0) is 84.8 Å². The van der Waals surface area contributed by atoms with Gasteiger partial charge in [0.05, 0.1) is 0 Å². The van der Waals surface area contributed by atoms with E-state index in [1.165, 1.54) is 31.7 Å². The van der Waals surface area contributed by atoms with Gasteiger partial charge in [-0.3, -0.25) is 9.69 Å². The Hall–Kier alpha value is -3.12. The number of nitrogens with one attached hydrogen (secondary N) is 2. The van der Waals surface area contributed by atoms with E-state index in [1.54, 1.807) is 12.3 Å². The topological polar surface area (TPSA) is 113 Å². The summed E-state index contributed by atoms with van der Waals surface area (Å²) in [6.45, 7) is 6.56. The highest BCUT2D eigenvalue weighted by Crippen LogP contribution is 2.38. The molecule has 174 valence electrons. The quantitative estimate of drug-likeness (QED) is 0.325. The molecule has 10 heteroatoms. The molecule has 1 aromatic carbocycles. The van der Waals surface area contributed by atoms with Crippen LogP contribution in [0.3, 0.4) is 0 Å². The lowest BCUT2D eigenvalue weighted by Crippen LogP contribution is -2.18. The minimum atomic E-state index is -0.192. The van der Waals surface area contributed by atoms with E-state index in [4.69, 9.17) is 9.40 Å². The number of anilines is 1. The fourth-order valence-electron chi connectivity index (χ4n) is 4.15. The van der Waals surface area contributed by atoms with E-state index < -0.39 is 0 Å². The maximum absolute atomic E-state index is 11.5. The summed E-state index contributed by atoms with van der Waals surface area (Å²) < 4.78 is 7.33. The average molecular weight is 569 g/mol. The summed E-state index contributed by atoms with van der Waals surface area (Å²) in [5, 5.41) is 10.8. The second-order valence-electron chi connectivity index (χ2n) is 8.40. The maximum Gasteiger partial charge on any atom is 0.228 e. The van der Waals surface area contributed by atoms with Crippen LogP contribution in [0, 0.1) is 10.5 Å². The molecule has 3 aromatic heterocycles. The van der Waals surface area contributed by atoms with Crippen LogP contribution in [-0.2, 0) is 11.3 Å². The molecular weight excluding hydrogens is 545 g/mol. The number of aromatic amines is 1. The molecule has 0 atom stereocenters. The zero-order chi connectivity index (χ0) is 23.7. The Bertz CT molecular complexity index is 1330. The van der Waals surface area contributed by atoms with Gasteiger partial charge in [-0.2, -0.15) is 0 Å². The molecular formula is C24H24IN7O2. The van der Waals surface area contributed by atoms with E-state index >= 15 is 0 Å². The molecule has 4 aromatic rings. The number of oxazole rings is 1. The van der Waals surface area contributed by atoms with Crippen molar-refractivity contribution in [2.45, 2.75) is 33.2 Å². The van der Waals surface area contributed by atoms with Crippen molar-refractivity contribution in [3.63, 3.8) is 0 Å². The summed E-state index contributed by atoms with van der Waals surface area (Å²) in [4.78, 5) is 26.2. The molecule has 34 heavy (non-hydrogen) atoms. The van der Waals surface area contributed by atoms with Crippen molar-refractivity contribution in [3.8, 4) is 34.3 Å². The first-order valence-electron chi connectivity index (χ1n) is 11.1. The molecule has 0 aliphatic carbocycles. The summed E-state index contributed by atoms with van der Waals surface area (Å²) in [6.07, 6.45) is 5.72. The van der Waals surface area contributed by atoms with Crippen molar-refractivity contribution in [2.24, 2.45) is 0 Å². The van der Waals surface area contributed by atoms with Crippen molar-refractivity contribution in [2.75, 3.05) is 18.4 Å². The molecule has 0 saturated carbocycles. The first kappa shape index (κ1) is 22.7. The zero-order valence-electron chi connectivity index (χ0n) is 18.9. The Kier molecular flexibility index (Phi) is 6.42. The zero-order valence-corrected chi connectivity index (χ0v) is 21.1. The van der Waals surface area contributed by atoms with Gasteiger partial charge in [0.1, 0.15) is 17.8 Å². The molecule has 0 unspecified atom stereocenters. The number of hydrogen-bond acceptors (Lipinski definition) is 7. The van der Waals surface area contributed by atoms with Gasteiger partial charge < -0.3 is 14.7 Å². The highest BCUT2D eigenvalue weighted by molar-refractivity contribution is 14.1. The number of benzene rings is 1. The molecule has 1 saturated heterocycles. The number of hydrogen-bond donors (Lipinski definition) is 2. The van der Waals surface area contributed by atoms with Crippen LogP contribution in [0.5, 0.6) is 0 Å². The molecule has 0 radical (unpaired) electrons. The number of carbonyl (C=O) groups is 1. The van der Waals surface area contributed by atoms with E-state index in [-0.39, 0.29) is 5.91 Å². The van der Waals surface area contributed by atoms with Crippen molar-refractivity contribution in [1.29, 1.82) is 0 Å². The third kappa shape index (κ3) is 4.73. The Labute approximate surface area is 210 Å². The molecule has 2 N–H and O–H groups in total. The van der Waals surface area contributed by atoms with E-state index in [0.29, 0.717) is 29.0 Å². The number of carbonyl (C=O) groups excluding carboxylic acids is 1. The normalized spacial score (nSPS) is 14.0. The van der Waals surface area contributed by atoms with Gasteiger partial charge in [0.15, 0.2) is 11.6 Å². The molecule has 5 rings (SSSR count). The largest absolute Gasteiger partial charge is 0.432 e. The van der Waals surface area contributed by atoms with Crippen LogP contribution in [0.1, 0.15) is 30.9 Å². The fourth-order valence-corrected chi connectivity index (χ4v) is 4.74. The average Bonchev–Trinajstić information content (AvgIpc) is 3.58. The van der Waals surface area contributed by atoms with Crippen molar-refractivity contribution in [1.82, 2.24) is 30.0 Å². The number of aryl methyl sites for hydroxylation is 1. The Morgan fingerprint density at radius 1 is 1.24 bits per heavy atom. The third-order valence-corrected chi connectivity index (χ3v) is 6.73. The van der Waals surface area contributed by atoms with Crippen LogP contribution in [0.2, 0.25) is 0 Å². The highest BCUT2D eigenvalue weighted by atomic mass is 127. The lowest BCUT2D eigenvalue weighted by atomic mass is 10.1. The van der Waals surface area contributed by atoms with E-state index in [1.807, 2.05) is 6.92 Å². The first-order chi connectivity index (χ1) is 16.5. The summed E-state index contributed by atoms with van der Waals surface area (Å²) in [5.41, 5.74) is 4.53. The van der Waals surface area contributed by atoms with Crippen LogP contribution in [0.25, 0.3) is 34.3 Å². The van der Waals surface area contributed by atoms with Crippen LogP contribution >= 0.6 is 22.6 Å².